The second kappa shape index (κ2) is 8.68. The number of nitrogens with zero attached hydrogens (tertiary/aromatic N) is 4. The number of ether oxygens (including phenoxy) is 1. The largest absolute Gasteiger partial charge is 0.495 e. The third-order valence-electron chi connectivity index (χ3n) is 5.16. The van der Waals surface area contributed by atoms with E-state index in [1.807, 2.05) is 48.5 Å². The number of para-hydroxylation sites is 2. The molecule has 0 aliphatic carbocycles. The van der Waals surface area contributed by atoms with Crippen LogP contribution < -0.4 is 15.0 Å². The van der Waals surface area contributed by atoms with Gasteiger partial charge in [0.25, 0.3) is 0 Å². The Labute approximate surface area is 169 Å². The zero-order valence-electron chi connectivity index (χ0n) is 16.3. The first-order chi connectivity index (χ1) is 14.2. The van der Waals surface area contributed by atoms with E-state index in [0.717, 1.165) is 43.0 Å². The number of carbonyl (C=O) groups excluding carboxylic acids is 1. The van der Waals surface area contributed by atoms with Crippen LogP contribution in [0.25, 0.3) is 11.3 Å². The molecular formula is C22H23N5O2. The van der Waals surface area contributed by atoms with E-state index in [1.165, 1.54) is 0 Å². The summed E-state index contributed by atoms with van der Waals surface area (Å²) < 4.78 is 5.31. The van der Waals surface area contributed by atoms with Gasteiger partial charge in [-0.1, -0.05) is 12.1 Å². The first-order valence-electron chi connectivity index (χ1n) is 9.67. The van der Waals surface area contributed by atoms with Gasteiger partial charge in [-0.05, 0) is 49.2 Å². The number of anilines is 2. The van der Waals surface area contributed by atoms with Crippen LogP contribution >= 0.6 is 0 Å². The fourth-order valence-corrected chi connectivity index (χ4v) is 3.52. The summed E-state index contributed by atoms with van der Waals surface area (Å²) in [4.78, 5) is 18.9. The third-order valence-corrected chi connectivity index (χ3v) is 5.16. The quantitative estimate of drug-likeness (QED) is 0.720. The number of piperidine rings is 1. The van der Waals surface area contributed by atoms with Gasteiger partial charge >= 0.3 is 0 Å². The van der Waals surface area contributed by atoms with Crippen molar-refractivity contribution in [2.24, 2.45) is 5.92 Å². The molecule has 2 aromatic heterocycles. The van der Waals surface area contributed by atoms with Crippen molar-refractivity contribution in [3.63, 3.8) is 0 Å². The van der Waals surface area contributed by atoms with Gasteiger partial charge in [-0.15, -0.1) is 10.2 Å². The van der Waals surface area contributed by atoms with Crippen LogP contribution in [0, 0.1) is 5.92 Å². The van der Waals surface area contributed by atoms with E-state index in [-0.39, 0.29) is 11.8 Å². The molecule has 1 saturated heterocycles. The standard InChI is InChI=1S/C22H23N5O2/c1-29-20-7-3-2-6-19(20)24-22(28)16-10-13-27(14-11-16)21-9-8-18(25-26-21)17-5-4-12-23-15-17/h2-9,12,15-16H,10-11,13-14H2,1H3,(H,24,28). The molecule has 1 aromatic carbocycles. The normalized spacial score (nSPS) is 14.4. The van der Waals surface area contributed by atoms with Crippen LogP contribution in [0.3, 0.4) is 0 Å². The molecule has 1 aliphatic rings. The van der Waals surface area contributed by atoms with Crippen molar-refractivity contribution in [1.82, 2.24) is 15.2 Å². The summed E-state index contributed by atoms with van der Waals surface area (Å²) in [5, 5.41) is 11.7. The summed E-state index contributed by atoms with van der Waals surface area (Å²) in [6.45, 7) is 1.54. The highest BCUT2D eigenvalue weighted by Crippen LogP contribution is 2.27. The molecule has 0 spiro atoms. The SMILES string of the molecule is COc1ccccc1NC(=O)C1CCN(c2ccc(-c3cccnc3)nn2)CC1. The number of hydrogen-bond acceptors (Lipinski definition) is 6. The van der Waals surface area contributed by atoms with Crippen LogP contribution in [0.2, 0.25) is 0 Å². The number of aromatic nitrogens is 3. The minimum atomic E-state index is -0.0289. The number of benzene rings is 1. The van der Waals surface area contributed by atoms with Gasteiger partial charge in [0.1, 0.15) is 5.75 Å². The second-order valence-corrected chi connectivity index (χ2v) is 6.97. The van der Waals surface area contributed by atoms with Crippen molar-refractivity contribution < 1.29 is 9.53 Å². The topological polar surface area (TPSA) is 80.2 Å². The van der Waals surface area contributed by atoms with Gasteiger partial charge in [0, 0.05) is 37.0 Å². The zero-order chi connectivity index (χ0) is 20.1. The summed E-state index contributed by atoms with van der Waals surface area (Å²) in [5.74, 6) is 1.51. The Bertz CT molecular complexity index is 954. The number of hydrogen-bond donors (Lipinski definition) is 1. The second-order valence-electron chi connectivity index (χ2n) is 6.97. The maximum Gasteiger partial charge on any atom is 0.227 e. The van der Waals surface area contributed by atoms with Gasteiger partial charge in [0.05, 0.1) is 18.5 Å². The monoisotopic (exact) mass is 389 g/mol. The van der Waals surface area contributed by atoms with E-state index in [4.69, 9.17) is 4.74 Å². The number of nitrogens with one attached hydrogen (secondary N) is 1. The maximum absolute atomic E-state index is 12.7. The molecule has 3 heterocycles. The van der Waals surface area contributed by atoms with Gasteiger partial charge in [0.15, 0.2) is 5.82 Å². The minimum absolute atomic E-state index is 0.0289. The summed E-state index contributed by atoms with van der Waals surface area (Å²) in [6, 6.07) is 15.2. The lowest BCUT2D eigenvalue weighted by Gasteiger charge is -2.31. The summed E-state index contributed by atoms with van der Waals surface area (Å²) in [6.07, 6.45) is 5.05. The predicted molar refractivity (Wildman–Crippen MR) is 112 cm³/mol. The number of amides is 1. The average Bonchev–Trinajstić information content (AvgIpc) is 2.80. The average molecular weight is 389 g/mol. The van der Waals surface area contributed by atoms with Crippen molar-refractivity contribution in [2.75, 3.05) is 30.4 Å². The van der Waals surface area contributed by atoms with Crippen molar-refractivity contribution >= 4 is 17.4 Å². The Morgan fingerprint density at radius 2 is 1.90 bits per heavy atom. The van der Waals surface area contributed by atoms with Crippen LogP contribution in [0.4, 0.5) is 11.5 Å². The fourth-order valence-electron chi connectivity index (χ4n) is 3.52. The Kier molecular flexibility index (Phi) is 5.65. The first kappa shape index (κ1) is 18.9. The van der Waals surface area contributed by atoms with E-state index in [2.05, 4.69) is 25.4 Å². The summed E-state index contributed by atoms with van der Waals surface area (Å²) in [5.41, 5.74) is 2.45. The lowest BCUT2D eigenvalue weighted by Crippen LogP contribution is -2.38. The molecule has 29 heavy (non-hydrogen) atoms. The lowest BCUT2D eigenvalue weighted by atomic mass is 9.95. The molecular weight excluding hydrogens is 366 g/mol. The van der Waals surface area contributed by atoms with Crippen LogP contribution in [0.5, 0.6) is 5.75 Å². The molecule has 0 saturated carbocycles. The molecule has 3 aromatic rings. The van der Waals surface area contributed by atoms with Gasteiger partial charge < -0.3 is 15.0 Å². The zero-order valence-corrected chi connectivity index (χ0v) is 16.3. The summed E-state index contributed by atoms with van der Waals surface area (Å²) in [7, 11) is 1.60. The molecule has 148 valence electrons. The molecule has 0 atom stereocenters. The molecule has 1 amide bonds. The Hall–Kier alpha value is -3.48. The molecule has 7 heteroatoms. The maximum atomic E-state index is 12.7. The Morgan fingerprint density at radius 3 is 2.59 bits per heavy atom. The Balaban J connectivity index is 1.35. The third kappa shape index (κ3) is 4.34. The van der Waals surface area contributed by atoms with E-state index >= 15 is 0 Å². The lowest BCUT2D eigenvalue weighted by molar-refractivity contribution is -0.120. The van der Waals surface area contributed by atoms with Crippen LogP contribution in [0.1, 0.15) is 12.8 Å². The van der Waals surface area contributed by atoms with E-state index in [1.54, 1.807) is 19.5 Å². The van der Waals surface area contributed by atoms with E-state index < -0.39 is 0 Å². The minimum Gasteiger partial charge on any atom is -0.495 e. The highest BCUT2D eigenvalue weighted by atomic mass is 16.5. The van der Waals surface area contributed by atoms with E-state index in [0.29, 0.717) is 11.4 Å². The number of pyridine rings is 1. The van der Waals surface area contributed by atoms with E-state index in [9.17, 15) is 4.79 Å². The van der Waals surface area contributed by atoms with Gasteiger partial charge in [-0.2, -0.15) is 0 Å². The fraction of sp³-hybridized carbons (Fsp3) is 0.273. The number of methoxy groups -OCH3 is 1. The van der Waals surface area contributed by atoms with Crippen LogP contribution in [0.15, 0.2) is 60.9 Å². The number of carbonyl (C=O) groups is 1. The van der Waals surface area contributed by atoms with Gasteiger partial charge in [-0.25, -0.2) is 0 Å². The molecule has 0 radical (unpaired) electrons. The number of rotatable bonds is 5. The highest BCUT2D eigenvalue weighted by molar-refractivity contribution is 5.94. The van der Waals surface area contributed by atoms with Crippen molar-refractivity contribution in [1.29, 1.82) is 0 Å². The molecule has 1 N–H and O–H groups in total. The Morgan fingerprint density at radius 1 is 1.07 bits per heavy atom. The first-order valence-corrected chi connectivity index (χ1v) is 9.67. The van der Waals surface area contributed by atoms with Crippen molar-refractivity contribution in [3.05, 3.63) is 60.9 Å². The summed E-state index contributed by atoms with van der Waals surface area (Å²) >= 11 is 0. The molecule has 1 aliphatic heterocycles. The molecule has 4 rings (SSSR count). The molecule has 0 bridgehead atoms. The smallest absolute Gasteiger partial charge is 0.227 e. The highest BCUT2D eigenvalue weighted by Gasteiger charge is 2.26. The molecule has 0 unspecified atom stereocenters. The van der Waals surface area contributed by atoms with Crippen LogP contribution in [-0.4, -0.2) is 41.3 Å². The van der Waals surface area contributed by atoms with Crippen molar-refractivity contribution in [3.8, 4) is 17.0 Å². The molecule has 1 fully saturated rings. The van der Waals surface area contributed by atoms with Gasteiger partial charge in [-0.3, -0.25) is 9.78 Å². The van der Waals surface area contributed by atoms with Crippen molar-refractivity contribution in [2.45, 2.75) is 12.8 Å². The van der Waals surface area contributed by atoms with Crippen LogP contribution in [-0.2, 0) is 4.79 Å². The predicted octanol–water partition coefficient (Wildman–Crippen LogP) is 3.40. The van der Waals surface area contributed by atoms with Gasteiger partial charge in [0.2, 0.25) is 5.91 Å². The molecule has 7 nitrogen and oxygen atoms in total.